The average molecular weight is 375 g/mol. The van der Waals surface area contributed by atoms with Crippen molar-refractivity contribution < 1.29 is 14.3 Å². The lowest BCUT2D eigenvalue weighted by Crippen LogP contribution is -2.32. The Morgan fingerprint density at radius 2 is 1.57 bits per heavy atom. The Morgan fingerprint density at radius 1 is 1.00 bits per heavy atom. The van der Waals surface area contributed by atoms with E-state index in [2.05, 4.69) is 28.1 Å². The van der Waals surface area contributed by atoms with Gasteiger partial charge in [0.2, 0.25) is 0 Å². The average Bonchev–Trinajstić information content (AvgIpc) is 2.86. The standard InChI is InChI=1S/C19H19BrO3/c1-22-18(21)23-19(12-6-7-13-20)16-10-4-2-8-14(16)15-9-3-5-11-17(15)19/h2-5,8-11H,6-7,12-13H2,1H3. The molecule has 0 radical (unpaired) electrons. The minimum absolute atomic E-state index is 0.643. The Labute approximate surface area is 144 Å². The quantitative estimate of drug-likeness (QED) is 0.406. The van der Waals surface area contributed by atoms with Gasteiger partial charge in [-0.1, -0.05) is 64.5 Å². The number of benzene rings is 2. The number of hydrogen-bond donors (Lipinski definition) is 0. The van der Waals surface area contributed by atoms with Crippen molar-refractivity contribution in [3.05, 3.63) is 59.7 Å². The van der Waals surface area contributed by atoms with Gasteiger partial charge in [0.15, 0.2) is 5.60 Å². The third kappa shape index (κ3) is 2.76. The summed E-state index contributed by atoms with van der Waals surface area (Å²) in [5, 5.41) is 0.935. The van der Waals surface area contributed by atoms with Gasteiger partial charge in [-0.3, -0.25) is 0 Å². The van der Waals surface area contributed by atoms with Gasteiger partial charge in [0.1, 0.15) is 0 Å². The third-order valence-corrected chi connectivity index (χ3v) is 4.91. The van der Waals surface area contributed by atoms with Gasteiger partial charge in [-0.15, -0.1) is 0 Å². The molecule has 0 saturated carbocycles. The van der Waals surface area contributed by atoms with Gasteiger partial charge in [-0.25, -0.2) is 4.79 Å². The van der Waals surface area contributed by atoms with E-state index in [-0.39, 0.29) is 0 Å². The SMILES string of the molecule is COC(=O)OC1(CCCCBr)c2ccccc2-c2ccccc21. The van der Waals surface area contributed by atoms with E-state index in [1.165, 1.54) is 7.11 Å². The van der Waals surface area contributed by atoms with Crippen LogP contribution in [0.15, 0.2) is 48.5 Å². The largest absolute Gasteiger partial charge is 0.509 e. The molecule has 0 unspecified atom stereocenters. The molecule has 0 saturated heterocycles. The molecule has 1 aliphatic carbocycles. The number of fused-ring (bicyclic) bond motifs is 3. The van der Waals surface area contributed by atoms with Gasteiger partial charge >= 0.3 is 6.16 Å². The van der Waals surface area contributed by atoms with E-state index in [4.69, 9.17) is 9.47 Å². The van der Waals surface area contributed by atoms with Crippen LogP contribution in [-0.2, 0) is 15.1 Å². The zero-order valence-electron chi connectivity index (χ0n) is 13.0. The van der Waals surface area contributed by atoms with Crippen LogP contribution < -0.4 is 0 Å². The Morgan fingerprint density at radius 3 is 2.09 bits per heavy atom. The molecule has 3 rings (SSSR count). The van der Waals surface area contributed by atoms with Crippen molar-refractivity contribution in [2.45, 2.75) is 24.9 Å². The molecule has 0 heterocycles. The summed E-state index contributed by atoms with van der Waals surface area (Å²) in [4.78, 5) is 12.0. The van der Waals surface area contributed by atoms with Crippen molar-refractivity contribution in [1.82, 2.24) is 0 Å². The van der Waals surface area contributed by atoms with E-state index in [1.807, 2.05) is 36.4 Å². The first-order chi connectivity index (χ1) is 11.2. The first-order valence-electron chi connectivity index (χ1n) is 7.75. The first-order valence-corrected chi connectivity index (χ1v) is 8.87. The summed E-state index contributed by atoms with van der Waals surface area (Å²) < 4.78 is 10.7. The third-order valence-electron chi connectivity index (χ3n) is 4.35. The Kier molecular flexibility index (Phi) is 4.71. The van der Waals surface area contributed by atoms with Crippen LogP contribution >= 0.6 is 15.9 Å². The predicted molar refractivity (Wildman–Crippen MR) is 93.8 cm³/mol. The van der Waals surface area contributed by atoms with Crippen LogP contribution in [0.1, 0.15) is 30.4 Å². The van der Waals surface area contributed by atoms with E-state index in [0.717, 1.165) is 46.8 Å². The number of carbonyl (C=O) groups excluding carboxylic acids is 1. The zero-order chi connectivity index (χ0) is 16.3. The van der Waals surface area contributed by atoms with Gasteiger partial charge in [0.25, 0.3) is 0 Å². The summed E-state index contributed by atoms with van der Waals surface area (Å²) in [5.74, 6) is 0. The molecule has 23 heavy (non-hydrogen) atoms. The molecule has 2 aromatic rings. The number of rotatable bonds is 5. The Bertz CT molecular complexity index is 666. The van der Waals surface area contributed by atoms with Gasteiger partial charge < -0.3 is 9.47 Å². The minimum Gasteiger partial charge on any atom is -0.438 e. The van der Waals surface area contributed by atoms with Crippen LogP contribution in [0.3, 0.4) is 0 Å². The molecule has 3 nitrogen and oxygen atoms in total. The number of hydrogen-bond acceptors (Lipinski definition) is 3. The van der Waals surface area contributed by atoms with Gasteiger partial charge in [-0.2, -0.15) is 0 Å². The van der Waals surface area contributed by atoms with Crippen LogP contribution in [-0.4, -0.2) is 18.6 Å². The Hall–Kier alpha value is -1.81. The summed E-state index contributed by atoms with van der Waals surface area (Å²) in [6.45, 7) is 0. The summed E-state index contributed by atoms with van der Waals surface area (Å²) in [7, 11) is 1.35. The molecule has 0 amide bonds. The number of ether oxygens (including phenoxy) is 2. The highest BCUT2D eigenvalue weighted by Gasteiger charge is 2.46. The highest BCUT2D eigenvalue weighted by atomic mass is 79.9. The molecule has 0 aromatic heterocycles. The lowest BCUT2D eigenvalue weighted by molar-refractivity contribution is -0.0109. The maximum Gasteiger partial charge on any atom is 0.509 e. The maximum atomic E-state index is 12.0. The van der Waals surface area contributed by atoms with Crippen molar-refractivity contribution in [2.24, 2.45) is 0 Å². The number of alkyl halides is 1. The molecule has 0 N–H and O–H groups in total. The molecule has 4 heteroatoms. The molecule has 0 aliphatic heterocycles. The van der Waals surface area contributed by atoms with Crippen LogP contribution in [0.5, 0.6) is 0 Å². The molecule has 0 atom stereocenters. The molecular weight excluding hydrogens is 356 g/mol. The summed E-state index contributed by atoms with van der Waals surface area (Å²) in [5.41, 5.74) is 3.58. The number of halogens is 1. The fourth-order valence-electron chi connectivity index (χ4n) is 3.37. The summed E-state index contributed by atoms with van der Waals surface area (Å²) >= 11 is 3.47. The second kappa shape index (κ2) is 6.75. The van der Waals surface area contributed by atoms with E-state index >= 15 is 0 Å². The fourth-order valence-corrected chi connectivity index (χ4v) is 3.76. The Balaban J connectivity index is 2.14. The monoisotopic (exact) mass is 374 g/mol. The van der Waals surface area contributed by atoms with Gasteiger partial charge in [-0.05, 0) is 30.4 Å². The van der Waals surface area contributed by atoms with E-state index in [0.29, 0.717) is 0 Å². The normalized spacial score (nSPS) is 14.0. The van der Waals surface area contributed by atoms with Gasteiger partial charge in [0, 0.05) is 16.5 Å². The van der Waals surface area contributed by atoms with Crippen LogP contribution in [0.25, 0.3) is 11.1 Å². The molecule has 0 spiro atoms. The predicted octanol–water partition coefficient (Wildman–Crippen LogP) is 5.26. The number of unbranched alkanes of at least 4 members (excludes halogenated alkanes) is 1. The van der Waals surface area contributed by atoms with E-state index < -0.39 is 11.8 Å². The van der Waals surface area contributed by atoms with Crippen molar-refractivity contribution in [3.8, 4) is 11.1 Å². The van der Waals surface area contributed by atoms with Crippen LogP contribution in [0.4, 0.5) is 4.79 Å². The fraction of sp³-hybridized carbons (Fsp3) is 0.316. The van der Waals surface area contributed by atoms with Crippen LogP contribution in [0.2, 0.25) is 0 Å². The molecule has 1 aliphatic rings. The summed E-state index contributed by atoms with van der Waals surface area (Å²) in [6.07, 6.45) is 2.07. The minimum atomic E-state index is -0.761. The molecule has 0 fully saturated rings. The summed E-state index contributed by atoms with van der Waals surface area (Å²) in [6, 6.07) is 16.3. The highest BCUT2D eigenvalue weighted by Crippen LogP contribution is 2.52. The lowest BCUT2D eigenvalue weighted by atomic mass is 9.86. The van der Waals surface area contributed by atoms with Gasteiger partial charge in [0.05, 0.1) is 7.11 Å². The lowest BCUT2D eigenvalue weighted by Gasteiger charge is -2.31. The number of methoxy groups -OCH3 is 1. The first kappa shape index (κ1) is 16.1. The number of carbonyl (C=O) groups is 1. The van der Waals surface area contributed by atoms with Crippen LogP contribution in [0, 0.1) is 0 Å². The van der Waals surface area contributed by atoms with E-state index in [9.17, 15) is 4.79 Å². The molecule has 0 bridgehead atoms. The van der Waals surface area contributed by atoms with Crippen molar-refractivity contribution in [2.75, 3.05) is 12.4 Å². The molecule has 120 valence electrons. The second-order valence-electron chi connectivity index (χ2n) is 5.62. The van der Waals surface area contributed by atoms with E-state index in [1.54, 1.807) is 0 Å². The smallest absolute Gasteiger partial charge is 0.438 e. The molecule has 2 aromatic carbocycles. The topological polar surface area (TPSA) is 35.5 Å². The van der Waals surface area contributed by atoms with Crippen molar-refractivity contribution >= 4 is 22.1 Å². The maximum absolute atomic E-state index is 12.0. The zero-order valence-corrected chi connectivity index (χ0v) is 14.6. The molecular formula is C19H19BrO3. The second-order valence-corrected chi connectivity index (χ2v) is 6.41. The highest BCUT2D eigenvalue weighted by molar-refractivity contribution is 9.09. The van der Waals surface area contributed by atoms with Crippen molar-refractivity contribution in [3.63, 3.8) is 0 Å². The van der Waals surface area contributed by atoms with Crippen molar-refractivity contribution in [1.29, 1.82) is 0 Å².